The highest BCUT2D eigenvalue weighted by Crippen LogP contribution is 2.31. The minimum atomic E-state index is -3.83. The largest absolute Gasteiger partial charge is 0.454 e. The second kappa shape index (κ2) is 7.75. The van der Waals surface area contributed by atoms with Crippen molar-refractivity contribution >= 4 is 21.9 Å². The molecule has 8 heteroatoms. The third-order valence-electron chi connectivity index (χ3n) is 4.48. The lowest BCUT2D eigenvalue weighted by atomic mass is 10.1. The summed E-state index contributed by atoms with van der Waals surface area (Å²) in [4.78, 5) is 25.5. The van der Waals surface area contributed by atoms with Crippen molar-refractivity contribution < 1.29 is 22.7 Å². The van der Waals surface area contributed by atoms with Crippen LogP contribution < -0.4 is 0 Å². The van der Waals surface area contributed by atoms with Crippen molar-refractivity contribution in [3.63, 3.8) is 0 Å². The molecular formula is C18H26N2O5S. The van der Waals surface area contributed by atoms with Gasteiger partial charge in [0.05, 0.1) is 4.90 Å². The van der Waals surface area contributed by atoms with E-state index in [-0.39, 0.29) is 17.3 Å². The Labute approximate surface area is 155 Å². The first kappa shape index (κ1) is 20.4. The molecule has 1 heterocycles. The first-order valence-corrected chi connectivity index (χ1v) is 9.96. The van der Waals surface area contributed by atoms with Crippen molar-refractivity contribution in [1.82, 2.24) is 9.21 Å². The van der Waals surface area contributed by atoms with Gasteiger partial charge in [-0.3, -0.25) is 9.59 Å². The average Bonchev–Trinajstić information content (AvgIpc) is 3.01. The van der Waals surface area contributed by atoms with Gasteiger partial charge in [0.25, 0.3) is 5.91 Å². The fraction of sp³-hybridized carbons (Fsp3) is 0.556. The number of carbonyl (C=O) groups excluding carboxylic acids is 2. The van der Waals surface area contributed by atoms with E-state index in [4.69, 9.17) is 4.74 Å². The van der Waals surface area contributed by atoms with E-state index in [1.165, 1.54) is 9.21 Å². The van der Waals surface area contributed by atoms with Gasteiger partial charge in [-0.05, 0) is 44.7 Å². The Kier molecular flexibility index (Phi) is 6.08. The van der Waals surface area contributed by atoms with Crippen molar-refractivity contribution in [1.29, 1.82) is 0 Å². The number of esters is 1. The predicted molar refractivity (Wildman–Crippen MR) is 97.2 cm³/mol. The van der Waals surface area contributed by atoms with Gasteiger partial charge in [-0.1, -0.05) is 17.7 Å². The normalized spacial score (nSPS) is 18.0. The molecule has 7 nitrogen and oxygen atoms in total. The third-order valence-corrected chi connectivity index (χ3v) is 6.70. The molecule has 0 aliphatic carbocycles. The van der Waals surface area contributed by atoms with Crippen LogP contribution in [0, 0.1) is 20.8 Å². The van der Waals surface area contributed by atoms with Crippen LogP contribution in [0.4, 0.5) is 0 Å². The summed E-state index contributed by atoms with van der Waals surface area (Å²) in [6.45, 7) is 5.29. The molecule has 0 spiro atoms. The highest BCUT2D eigenvalue weighted by Gasteiger charge is 2.41. The molecule has 1 saturated heterocycles. The lowest BCUT2D eigenvalue weighted by Crippen LogP contribution is -2.42. The molecular weight excluding hydrogens is 356 g/mol. The lowest BCUT2D eigenvalue weighted by molar-refractivity contribution is -0.153. The second-order valence-electron chi connectivity index (χ2n) is 6.90. The maximum absolute atomic E-state index is 13.2. The van der Waals surface area contributed by atoms with E-state index in [2.05, 4.69) is 0 Å². The van der Waals surface area contributed by atoms with E-state index in [0.29, 0.717) is 24.0 Å². The number of amides is 1. The summed E-state index contributed by atoms with van der Waals surface area (Å²) in [5.41, 5.74) is 2.30. The fourth-order valence-corrected chi connectivity index (χ4v) is 5.37. The molecule has 1 aliphatic heterocycles. The monoisotopic (exact) mass is 382 g/mol. The number of hydrogen-bond donors (Lipinski definition) is 0. The van der Waals surface area contributed by atoms with E-state index >= 15 is 0 Å². The zero-order valence-electron chi connectivity index (χ0n) is 15.9. The SMILES string of the molecule is Cc1cc(C)c(S(=O)(=O)N2CCCC2C(=O)OCC(=O)N(C)C)c(C)c1. The number of nitrogens with zero attached hydrogens (tertiary/aromatic N) is 2. The summed E-state index contributed by atoms with van der Waals surface area (Å²) >= 11 is 0. The number of aryl methyl sites for hydroxylation is 3. The van der Waals surface area contributed by atoms with E-state index in [9.17, 15) is 18.0 Å². The van der Waals surface area contributed by atoms with Crippen LogP contribution in [0.3, 0.4) is 0 Å². The van der Waals surface area contributed by atoms with Gasteiger partial charge < -0.3 is 9.64 Å². The number of hydrogen-bond acceptors (Lipinski definition) is 5. The number of rotatable bonds is 5. The van der Waals surface area contributed by atoms with Crippen LogP contribution in [0.25, 0.3) is 0 Å². The molecule has 0 radical (unpaired) electrons. The van der Waals surface area contributed by atoms with Crippen LogP contribution in [0.15, 0.2) is 17.0 Å². The number of ether oxygens (including phenoxy) is 1. The van der Waals surface area contributed by atoms with E-state index < -0.39 is 28.6 Å². The number of carbonyl (C=O) groups is 2. The van der Waals surface area contributed by atoms with Gasteiger partial charge in [0, 0.05) is 20.6 Å². The molecule has 0 N–H and O–H groups in total. The maximum Gasteiger partial charge on any atom is 0.324 e. The maximum atomic E-state index is 13.2. The van der Waals surface area contributed by atoms with Crippen molar-refractivity contribution in [3.8, 4) is 0 Å². The molecule has 0 bridgehead atoms. The summed E-state index contributed by atoms with van der Waals surface area (Å²) in [6.07, 6.45) is 0.961. The topological polar surface area (TPSA) is 84.0 Å². The highest BCUT2D eigenvalue weighted by atomic mass is 32.2. The van der Waals surface area contributed by atoms with Crippen molar-refractivity contribution in [2.75, 3.05) is 27.2 Å². The molecule has 2 rings (SSSR count). The molecule has 1 aliphatic rings. The molecule has 26 heavy (non-hydrogen) atoms. The predicted octanol–water partition coefficient (Wildman–Crippen LogP) is 1.40. The van der Waals surface area contributed by atoms with E-state index in [1.807, 2.05) is 19.1 Å². The molecule has 0 aromatic heterocycles. The van der Waals surface area contributed by atoms with E-state index in [0.717, 1.165) is 5.56 Å². The summed E-state index contributed by atoms with van der Waals surface area (Å²) in [7, 11) is -0.707. The van der Waals surface area contributed by atoms with Gasteiger partial charge in [0.1, 0.15) is 6.04 Å². The Morgan fingerprint density at radius 1 is 1.19 bits per heavy atom. The molecule has 0 saturated carbocycles. The molecule has 1 aromatic rings. The Balaban J connectivity index is 2.26. The Bertz CT molecular complexity index is 794. The summed E-state index contributed by atoms with van der Waals surface area (Å²) < 4.78 is 32.6. The summed E-state index contributed by atoms with van der Waals surface area (Å²) in [6, 6.07) is 2.74. The van der Waals surface area contributed by atoms with Crippen molar-refractivity contribution in [2.45, 2.75) is 44.6 Å². The number of benzene rings is 1. The minimum Gasteiger partial charge on any atom is -0.454 e. The molecule has 144 valence electrons. The van der Waals surface area contributed by atoms with Gasteiger partial charge in [0.2, 0.25) is 10.0 Å². The smallest absolute Gasteiger partial charge is 0.324 e. The first-order valence-electron chi connectivity index (χ1n) is 8.52. The van der Waals surface area contributed by atoms with Gasteiger partial charge in [0.15, 0.2) is 6.61 Å². The third kappa shape index (κ3) is 4.07. The molecule has 1 unspecified atom stereocenters. The zero-order valence-corrected chi connectivity index (χ0v) is 16.7. The Morgan fingerprint density at radius 3 is 2.31 bits per heavy atom. The van der Waals surface area contributed by atoms with Crippen LogP contribution in [-0.2, 0) is 24.3 Å². The Morgan fingerprint density at radius 2 is 1.77 bits per heavy atom. The van der Waals surface area contributed by atoms with Gasteiger partial charge in [-0.2, -0.15) is 4.31 Å². The summed E-state index contributed by atoms with van der Waals surface area (Å²) in [5, 5.41) is 0. The standard InChI is InChI=1S/C18H26N2O5S/c1-12-9-13(2)17(14(3)10-12)26(23,24)20-8-6-7-15(20)18(22)25-11-16(21)19(4)5/h9-10,15H,6-8,11H2,1-5H3. The van der Waals surface area contributed by atoms with Crippen molar-refractivity contribution in [3.05, 3.63) is 28.8 Å². The van der Waals surface area contributed by atoms with Crippen LogP contribution >= 0.6 is 0 Å². The van der Waals surface area contributed by atoms with Crippen LogP contribution in [0.1, 0.15) is 29.5 Å². The molecule has 1 atom stereocenters. The van der Waals surface area contributed by atoms with Crippen LogP contribution in [0.2, 0.25) is 0 Å². The van der Waals surface area contributed by atoms with Crippen molar-refractivity contribution in [2.24, 2.45) is 0 Å². The highest BCUT2D eigenvalue weighted by molar-refractivity contribution is 7.89. The number of likely N-dealkylation sites (N-methyl/N-ethyl adjacent to an activating group) is 1. The van der Waals surface area contributed by atoms with Crippen LogP contribution in [-0.4, -0.2) is 62.8 Å². The van der Waals surface area contributed by atoms with Gasteiger partial charge in [-0.15, -0.1) is 0 Å². The number of sulfonamides is 1. The zero-order chi connectivity index (χ0) is 19.6. The van der Waals surface area contributed by atoms with Gasteiger partial charge in [-0.25, -0.2) is 8.42 Å². The first-order chi connectivity index (χ1) is 12.1. The summed E-state index contributed by atoms with van der Waals surface area (Å²) in [5.74, 6) is -1.03. The molecule has 1 fully saturated rings. The van der Waals surface area contributed by atoms with Crippen LogP contribution in [0.5, 0.6) is 0 Å². The average molecular weight is 382 g/mol. The second-order valence-corrected chi connectivity index (χ2v) is 8.72. The lowest BCUT2D eigenvalue weighted by Gasteiger charge is -2.25. The quantitative estimate of drug-likeness (QED) is 0.719. The molecule has 1 amide bonds. The fourth-order valence-electron chi connectivity index (χ4n) is 3.31. The molecule has 1 aromatic carbocycles. The Hall–Kier alpha value is -1.93. The minimum absolute atomic E-state index is 0.243. The van der Waals surface area contributed by atoms with E-state index in [1.54, 1.807) is 27.9 Å². The van der Waals surface area contributed by atoms with Gasteiger partial charge >= 0.3 is 5.97 Å².